The minimum atomic E-state index is -0.522. The highest BCUT2D eigenvalue weighted by atomic mass is 16.5. The van der Waals surface area contributed by atoms with Gasteiger partial charge < -0.3 is 14.2 Å². The van der Waals surface area contributed by atoms with E-state index in [1.807, 2.05) is 31.2 Å². The maximum Gasteiger partial charge on any atom is 0.269 e. The number of carbonyl (C=O) groups excluding carboxylic acids is 2. The van der Waals surface area contributed by atoms with Crippen LogP contribution >= 0.6 is 0 Å². The quantitative estimate of drug-likeness (QED) is 0.603. The van der Waals surface area contributed by atoms with Gasteiger partial charge in [0.15, 0.2) is 11.5 Å². The Balaban J connectivity index is 2.03. The van der Waals surface area contributed by atoms with E-state index >= 15 is 0 Å². The summed E-state index contributed by atoms with van der Waals surface area (Å²) in [6.07, 6.45) is 3.00. The van der Waals surface area contributed by atoms with Crippen molar-refractivity contribution in [1.82, 2.24) is 10.9 Å². The Hall–Kier alpha value is -3.48. The molecule has 0 atom stereocenters. The monoisotopic (exact) mass is 370 g/mol. The number of carbonyl (C=O) groups is 2. The molecule has 0 saturated heterocycles. The van der Waals surface area contributed by atoms with E-state index in [0.717, 1.165) is 11.1 Å². The van der Waals surface area contributed by atoms with E-state index in [2.05, 4.69) is 10.9 Å². The lowest BCUT2D eigenvalue weighted by Gasteiger charge is -2.14. The second kappa shape index (κ2) is 9.28. The Morgan fingerprint density at radius 3 is 2.15 bits per heavy atom. The molecule has 0 radical (unpaired) electrons. The number of hydrogen-bond donors (Lipinski definition) is 2. The Morgan fingerprint density at radius 1 is 0.926 bits per heavy atom. The van der Waals surface area contributed by atoms with E-state index in [1.165, 1.54) is 39.5 Å². The van der Waals surface area contributed by atoms with E-state index in [-0.39, 0.29) is 5.56 Å². The zero-order valence-electron chi connectivity index (χ0n) is 15.7. The number of amides is 2. The normalized spacial score (nSPS) is 10.4. The smallest absolute Gasteiger partial charge is 0.269 e. The lowest BCUT2D eigenvalue weighted by molar-refractivity contribution is -0.117. The molecule has 0 unspecified atom stereocenters. The van der Waals surface area contributed by atoms with Crippen LogP contribution in [-0.4, -0.2) is 33.1 Å². The third-order valence-corrected chi connectivity index (χ3v) is 3.70. The van der Waals surface area contributed by atoms with Crippen LogP contribution in [0.15, 0.2) is 42.5 Å². The van der Waals surface area contributed by atoms with Gasteiger partial charge in [0.1, 0.15) is 0 Å². The first-order valence-electron chi connectivity index (χ1n) is 8.13. The molecule has 7 heteroatoms. The van der Waals surface area contributed by atoms with Gasteiger partial charge >= 0.3 is 0 Å². The SMILES string of the molecule is COc1cc(C(=O)NNC(=O)/C=C/c2cccc(C)c2)cc(OC)c1OC. The number of aryl methyl sites for hydroxylation is 1. The zero-order valence-corrected chi connectivity index (χ0v) is 15.7. The van der Waals surface area contributed by atoms with Crippen LogP contribution in [0.2, 0.25) is 0 Å². The van der Waals surface area contributed by atoms with E-state index in [0.29, 0.717) is 17.2 Å². The highest BCUT2D eigenvalue weighted by Gasteiger charge is 2.17. The molecule has 2 N–H and O–H groups in total. The van der Waals surface area contributed by atoms with E-state index < -0.39 is 11.8 Å². The third kappa shape index (κ3) is 5.24. The van der Waals surface area contributed by atoms with Crippen molar-refractivity contribution in [3.63, 3.8) is 0 Å². The Bertz CT molecular complexity index is 836. The number of methoxy groups -OCH3 is 3. The van der Waals surface area contributed by atoms with Gasteiger partial charge in [-0.1, -0.05) is 29.8 Å². The van der Waals surface area contributed by atoms with Crippen LogP contribution < -0.4 is 25.1 Å². The molecule has 0 saturated carbocycles. The van der Waals surface area contributed by atoms with Crippen molar-refractivity contribution in [3.05, 3.63) is 59.2 Å². The molecule has 0 bridgehead atoms. The summed E-state index contributed by atoms with van der Waals surface area (Å²) in [5, 5.41) is 0. The molecule has 0 aliphatic rings. The standard InChI is InChI=1S/C20H22N2O5/c1-13-6-5-7-14(10-13)8-9-18(23)21-22-20(24)15-11-16(25-2)19(27-4)17(12-15)26-3/h5-12H,1-4H3,(H,21,23)(H,22,24)/b9-8+. The fourth-order valence-electron chi connectivity index (χ4n) is 2.39. The highest BCUT2D eigenvalue weighted by Crippen LogP contribution is 2.38. The minimum Gasteiger partial charge on any atom is -0.493 e. The second-order valence-electron chi connectivity index (χ2n) is 5.60. The van der Waals surface area contributed by atoms with Crippen LogP contribution in [0.3, 0.4) is 0 Å². The first-order valence-corrected chi connectivity index (χ1v) is 8.13. The maximum absolute atomic E-state index is 12.3. The van der Waals surface area contributed by atoms with Gasteiger partial charge in [-0.15, -0.1) is 0 Å². The Labute approximate surface area is 157 Å². The van der Waals surface area contributed by atoms with E-state index in [4.69, 9.17) is 14.2 Å². The average molecular weight is 370 g/mol. The van der Waals surface area contributed by atoms with Crippen LogP contribution in [0.5, 0.6) is 17.2 Å². The fourth-order valence-corrected chi connectivity index (χ4v) is 2.39. The Kier molecular flexibility index (Phi) is 6.82. The summed E-state index contributed by atoms with van der Waals surface area (Å²) in [6, 6.07) is 10.7. The average Bonchev–Trinajstić information content (AvgIpc) is 2.69. The van der Waals surface area contributed by atoms with Crippen LogP contribution in [-0.2, 0) is 4.79 Å². The second-order valence-corrected chi connectivity index (χ2v) is 5.60. The van der Waals surface area contributed by atoms with Gasteiger partial charge in [0.25, 0.3) is 11.8 Å². The molecule has 142 valence electrons. The topological polar surface area (TPSA) is 85.9 Å². The molecule has 0 aromatic heterocycles. The molecule has 0 aliphatic carbocycles. The summed E-state index contributed by atoms with van der Waals surface area (Å²) in [4.78, 5) is 24.2. The van der Waals surface area contributed by atoms with Crippen molar-refractivity contribution in [3.8, 4) is 17.2 Å². The predicted octanol–water partition coefficient (Wildman–Crippen LogP) is 2.50. The molecule has 2 aromatic carbocycles. The van der Waals surface area contributed by atoms with Crippen molar-refractivity contribution < 1.29 is 23.8 Å². The lowest BCUT2D eigenvalue weighted by Crippen LogP contribution is -2.40. The van der Waals surface area contributed by atoms with Crippen molar-refractivity contribution in [2.24, 2.45) is 0 Å². The molecular formula is C20H22N2O5. The molecule has 0 aliphatic heterocycles. The van der Waals surface area contributed by atoms with E-state index in [9.17, 15) is 9.59 Å². The largest absolute Gasteiger partial charge is 0.493 e. The van der Waals surface area contributed by atoms with E-state index in [1.54, 1.807) is 6.08 Å². The molecule has 0 spiro atoms. The summed E-state index contributed by atoms with van der Waals surface area (Å²) in [5.74, 6) is 0.0749. The first-order chi connectivity index (χ1) is 13.0. The number of benzene rings is 2. The van der Waals surface area contributed by atoms with Crippen molar-refractivity contribution in [2.45, 2.75) is 6.92 Å². The maximum atomic E-state index is 12.3. The molecule has 2 rings (SSSR count). The molecule has 2 amide bonds. The van der Waals surface area contributed by atoms with Gasteiger partial charge in [0, 0.05) is 11.6 Å². The molecule has 2 aromatic rings. The van der Waals surface area contributed by atoms with Gasteiger partial charge in [-0.2, -0.15) is 0 Å². The summed E-state index contributed by atoms with van der Waals surface area (Å²) in [6.45, 7) is 1.97. The van der Waals surface area contributed by atoms with Gasteiger partial charge in [-0.25, -0.2) is 0 Å². The zero-order chi connectivity index (χ0) is 19.8. The molecular weight excluding hydrogens is 348 g/mol. The van der Waals surface area contributed by atoms with Crippen LogP contribution in [0.25, 0.3) is 6.08 Å². The summed E-state index contributed by atoms with van der Waals surface area (Å²) >= 11 is 0. The molecule has 7 nitrogen and oxygen atoms in total. The van der Waals surface area contributed by atoms with Crippen molar-refractivity contribution >= 4 is 17.9 Å². The summed E-state index contributed by atoms with van der Waals surface area (Å²) < 4.78 is 15.6. The molecule has 0 heterocycles. The number of hydrazine groups is 1. The van der Waals surface area contributed by atoms with Crippen molar-refractivity contribution in [1.29, 1.82) is 0 Å². The predicted molar refractivity (Wildman–Crippen MR) is 102 cm³/mol. The Morgan fingerprint density at radius 2 is 1.59 bits per heavy atom. The highest BCUT2D eigenvalue weighted by molar-refractivity contribution is 5.98. The number of nitrogens with one attached hydrogen (secondary N) is 2. The summed E-state index contributed by atoms with van der Waals surface area (Å²) in [7, 11) is 4.38. The van der Waals surface area contributed by atoms with Crippen LogP contribution in [0.1, 0.15) is 21.5 Å². The lowest BCUT2D eigenvalue weighted by atomic mass is 10.1. The molecule has 0 fully saturated rings. The third-order valence-electron chi connectivity index (χ3n) is 3.70. The van der Waals surface area contributed by atoms with Gasteiger partial charge in [0.05, 0.1) is 21.3 Å². The van der Waals surface area contributed by atoms with Gasteiger partial charge in [-0.05, 0) is 30.7 Å². The van der Waals surface area contributed by atoms with Gasteiger partial charge in [0.2, 0.25) is 5.75 Å². The van der Waals surface area contributed by atoms with Crippen molar-refractivity contribution in [2.75, 3.05) is 21.3 Å². The van der Waals surface area contributed by atoms with Crippen LogP contribution in [0.4, 0.5) is 0 Å². The molecule has 27 heavy (non-hydrogen) atoms. The fraction of sp³-hybridized carbons (Fsp3) is 0.200. The number of hydrogen-bond acceptors (Lipinski definition) is 5. The van der Waals surface area contributed by atoms with Crippen LogP contribution in [0, 0.1) is 6.92 Å². The first kappa shape index (κ1) is 19.8. The van der Waals surface area contributed by atoms with Gasteiger partial charge in [-0.3, -0.25) is 20.4 Å². The number of ether oxygens (including phenoxy) is 3. The summed E-state index contributed by atoms with van der Waals surface area (Å²) in [5.41, 5.74) is 6.90. The number of rotatable bonds is 6. The minimum absolute atomic E-state index is 0.243.